The summed E-state index contributed by atoms with van der Waals surface area (Å²) in [6.07, 6.45) is 30.2. The Labute approximate surface area is 170 Å². The van der Waals surface area contributed by atoms with Crippen LogP contribution >= 0.6 is 0 Å². The highest BCUT2D eigenvalue weighted by Crippen LogP contribution is 2.33. The van der Waals surface area contributed by atoms with Crippen molar-refractivity contribution in [2.24, 2.45) is 23.7 Å². The molecule has 2 saturated carbocycles. The van der Waals surface area contributed by atoms with Crippen LogP contribution < -0.4 is 0 Å². The molecule has 0 nitrogen and oxygen atoms in total. The lowest BCUT2D eigenvalue weighted by molar-refractivity contribution is 0.289. The van der Waals surface area contributed by atoms with Crippen molar-refractivity contribution in [3.8, 4) is 11.8 Å². The van der Waals surface area contributed by atoms with Crippen molar-refractivity contribution in [2.75, 3.05) is 0 Å². The second kappa shape index (κ2) is 14.1. The number of rotatable bonds is 9. The minimum absolute atomic E-state index is 0.782. The molecule has 0 heterocycles. The highest BCUT2D eigenvalue weighted by Gasteiger charge is 2.19. The average molecular weight is 369 g/mol. The molecule has 0 radical (unpaired) electrons. The van der Waals surface area contributed by atoms with Gasteiger partial charge in [-0.2, -0.15) is 0 Å². The monoisotopic (exact) mass is 368 g/mol. The van der Waals surface area contributed by atoms with Crippen molar-refractivity contribution in [2.45, 2.75) is 110 Å². The molecular formula is C27H44. The first-order valence-corrected chi connectivity index (χ1v) is 12.2. The van der Waals surface area contributed by atoms with Crippen LogP contribution in [0.3, 0.4) is 0 Å². The van der Waals surface area contributed by atoms with Gasteiger partial charge < -0.3 is 0 Å². The van der Waals surface area contributed by atoms with Crippen LogP contribution in [-0.2, 0) is 0 Å². The third-order valence-corrected chi connectivity index (χ3v) is 6.95. The van der Waals surface area contributed by atoms with Gasteiger partial charge in [0.05, 0.1) is 0 Å². The van der Waals surface area contributed by atoms with E-state index < -0.39 is 0 Å². The minimum atomic E-state index is 0.782. The van der Waals surface area contributed by atoms with Gasteiger partial charge in [0.15, 0.2) is 0 Å². The van der Waals surface area contributed by atoms with Gasteiger partial charge in [0.1, 0.15) is 0 Å². The van der Waals surface area contributed by atoms with E-state index in [9.17, 15) is 0 Å². The Bertz CT molecular complexity index is 470. The average Bonchev–Trinajstić information content (AvgIpc) is 2.71. The van der Waals surface area contributed by atoms with E-state index >= 15 is 0 Å². The van der Waals surface area contributed by atoms with Crippen LogP contribution in [0.25, 0.3) is 0 Å². The molecule has 0 heteroatoms. The summed E-state index contributed by atoms with van der Waals surface area (Å²) in [5.41, 5.74) is 0. The highest BCUT2D eigenvalue weighted by atomic mass is 14.2. The Morgan fingerprint density at radius 2 is 1.04 bits per heavy atom. The summed E-state index contributed by atoms with van der Waals surface area (Å²) in [6.45, 7) is 4.61. The number of unbranched alkanes of at least 4 members (excludes halogenated alkanes) is 3. The maximum atomic E-state index is 3.24. The standard InChI is InChI=1S/C27H44/c1-3-5-9-13-25-20-22-27(23-21-25)15-11-8-7-10-14-26-18-16-24(17-19-26)12-6-4-2/h10-11,14-15,24-27H,3-6,9,12-13,16-23H2,1-2H3/b14-10+,15-11+. The third-order valence-electron chi connectivity index (χ3n) is 6.95. The molecule has 0 amide bonds. The molecule has 0 aromatic heterocycles. The van der Waals surface area contributed by atoms with Crippen LogP contribution in [0, 0.1) is 35.5 Å². The lowest BCUT2D eigenvalue weighted by Gasteiger charge is -2.26. The lowest BCUT2D eigenvalue weighted by Crippen LogP contribution is -2.13. The van der Waals surface area contributed by atoms with Crippen LogP contribution in [-0.4, -0.2) is 0 Å². The summed E-state index contributed by atoms with van der Waals surface area (Å²) in [4.78, 5) is 0. The predicted molar refractivity (Wildman–Crippen MR) is 121 cm³/mol. The van der Waals surface area contributed by atoms with E-state index in [-0.39, 0.29) is 0 Å². The molecule has 0 spiro atoms. The van der Waals surface area contributed by atoms with Crippen molar-refractivity contribution in [1.82, 2.24) is 0 Å². The van der Waals surface area contributed by atoms with E-state index in [2.05, 4.69) is 50.0 Å². The largest absolute Gasteiger partial charge is 0.0730 e. The van der Waals surface area contributed by atoms with E-state index in [0.717, 1.165) is 23.7 Å². The quantitative estimate of drug-likeness (QED) is 0.283. The van der Waals surface area contributed by atoms with E-state index in [1.807, 2.05) is 0 Å². The molecule has 152 valence electrons. The molecule has 0 aromatic carbocycles. The fourth-order valence-electron chi connectivity index (χ4n) is 4.98. The zero-order valence-corrected chi connectivity index (χ0v) is 18.2. The van der Waals surface area contributed by atoms with Crippen molar-refractivity contribution < 1.29 is 0 Å². The summed E-state index contributed by atoms with van der Waals surface area (Å²) >= 11 is 0. The lowest BCUT2D eigenvalue weighted by atomic mass is 9.79. The van der Waals surface area contributed by atoms with Crippen LogP contribution in [0.4, 0.5) is 0 Å². The Morgan fingerprint density at radius 1 is 0.593 bits per heavy atom. The van der Waals surface area contributed by atoms with Gasteiger partial charge in [-0.1, -0.05) is 82.8 Å². The van der Waals surface area contributed by atoms with E-state index in [0.29, 0.717) is 0 Å². The van der Waals surface area contributed by atoms with Crippen LogP contribution in [0.1, 0.15) is 110 Å². The predicted octanol–water partition coefficient (Wildman–Crippen LogP) is 8.49. The van der Waals surface area contributed by atoms with Gasteiger partial charge in [0.2, 0.25) is 0 Å². The second-order valence-corrected chi connectivity index (χ2v) is 9.21. The van der Waals surface area contributed by atoms with Crippen molar-refractivity contribution in [3.63, 3.8) is 0 Å². The Balaban J connectivity index is 1.57. The van der Waals surface area contributed by atoms with Crippen LogP contribution in [0.5, 0.6) is 0 Å². The summed E-state index contributed by atoms with van der Waals surface area (Å²) in [5.74, 6) is 10.1. The Hall–Kier alpha value is -0.960. The molecular weight excluding hydrogens is 324 g/mol. The van der Waals surface area contributed by atoms with Gasteiger partial charge in [-0.15, -0.1) is 0 Å². The van der Waals surface area contributed by atoms with Gasteiger partial charge in [-0.3, -0.25) is 0 Å². The highest BCUT2D eigenvalue weighted by molar-refractivity contribution is 5.24. The van der Waals surface area contributed by atoms with Gasteiger partial charge in [-0.05, 0) is 87.2 Å². The fraction of sp³-hybridized carbons (Fsp3) is 0.778. The molecule has 0 unspecified atom stereocenters. The molecule has 0 bridgehead atoms. The molecule has 0 saturated heterocycles. The second-order valence-electron chi connectivity index (χ2n) is 9.21. The van der Waals surface area contributed by atoms with Gasteiger partial charge in [0.25, 0.3) is 0 Å². The summed E-state index contributed by atoms with van der Waals surface area (Å²) in [5, 5.41) is 0. The Morgan fingerprint density at radius 3 is 1.48 bits per heavy atom. The maximum Gasteiger partial charge on any atom is -0.0153 e. The molecule has 2 rings (SSSR count). The smallest absolute Gasteiger partial charge is 0.0153 e. The van der Waals surface area contributed by atoms with Crippen molar-refractivity contribution in [1.29, 1.82) is 0 Å². The number of hydrogen-bond donors (Lipinski definition) is 0. The first-order valence-electron chi connectivity index (χ1n) is 12.2. The first-order chi connectivity index (χ1) is 13.3. The van der Waals surface area contributed by atoms with Crippen molar-refractivity contribution >= 4 is 0 Å². The van der Waals surface area contributed by atoms with Crippen LogP contribution in [0.15, 0.2) is 24.3 Å². The molecule has 2 fully saturated rings. The molecule has 27 heavy (non-hydrogen) atoms. The summed E-state index contributed by atoms with van der Waals surface area (Å²) in [7, 11) is 0. The topological polar surface area (TPSA) is 0 Å². The molecule has 0 N–H and O–H groups in total. The maximum absolute atomic E-state index is 3.24. The fourth-order valence-corrected chi connectivity index (χ4v) is 4.98. The number of hydrogen-bond acceptors (Lipinski definition) is 0. The zero-order valence-electron chi connectivity index (χ0n) is 18.2. The normalized spacial score (nSPS) is 29.1. The van der Waals surface area contributed by atoms with Gasteiger partial charge >= 0.3 is 0 Å². The molecule has 0 aliphatic heterocycles. The number of allylic oxidation sites excluding steroid dienone is 4. The van der Waals surface area contributed by atoms with E-state index in [1.165, 1.54) is 96.3 Å². The SMILES string of the molecule is CCCCCC1CCC(/C=C/C#C/C=C/C2CCC(CCCC)CC2)CC1. The summed E-state index contributed by atoms with van der Waals surface area (Å²) in [6, 6.07) is 0. The first kappa shape index (κ1) is 22.3. The minimum Gasteiger partial charge on any atom is -0.0730 e. The third kappa shape index (κ3) is 9.69. The van der Waals surface area contributed by atoms with E-state index in [4.69, 9.17) is 0 Å². The van der Waals surface area contributed by atoms with Gasteiger partial charge in [0, 0.05) is 0 Å². The van der Waals surface area contributed by atoms with E-state index in [1.54, 1.807) is 0 Å². The van der Waals surface area contributed by atoms with Crippen molar-refractivity contribution in [3.05, 3.63) is 24.3 Å². The molecule has 0 atom stereocenters. The van der Waals surface area contributed by atoms with Gasteiger partial charge in [-0.25, -0.2) is 0 Å². The van der Waals surface area contributed by atoms with Crippen LogP contribution in [0.2, 0.25) is 0 Å². The zero-order chi connectivity index (χ0) is 19.2. The molecule has 0 aromatic rings. The summed E-state index contributed by atoms with van der Waals surface area (Å²) < 4.78 is 0. The Kier molecular flexibility index (Phi) is 11.7. The molecule has 2 aliphatic rings. The molecule has 2 aliphatic carbocycles.